The van der Waals surface area contributed by atoms with Crippen LogP contribution in [0.1, 0.15) is 16.8 Å². The minimum absolute atomic E-state index is 0. The number of nitrogens with zero attached hydrogens (tertiary/aromatic N) is 2. The summed E-state index contributed by atoms with van der Waals surface area (Å²) < 4.78 is 17.9. The molecule has 1 aliphatic heterocycles. The van der Waals surface area contributed by atoms with Crippen LogP contribution in [0.3, 0.4) is 0 Å². The van der Waals surface area contributed by atoms with Crippen molar-refractivity contribution in [1.82, 2.24) is 15.1 Å². The number of carbonyl (C=O) groups excluding carboxylic acids is 2. The molecule has 1 aliphatic rings. The summed E-state index contributed by atoms with van der Waals surface area (Å²) in [5, 5.41) is 3.04. The molecule has 1 fully saturated rings. The highest BCUT2D eigenvalue weighted by Gasteiger charge is 2.22. The Kier molecular flexibility index (Phi) is 9.41. The van der Waals surface area contributed by atoms with Gasteiger partial charge in [0.25, 0.3) is 5.91 Å². The van der Waals surface area contributed by atoms with E-state index in [-0.39, 0.29) is 36.6 Å². The van der Waals surface area contributed by atoms with Gasteiger partial charge in [-0.3, -0.25) is 9.59 Å². The highest BCUT2D eigenvalue weighted by atomic mass is 35.5. The van der Waals surface area contributed by atoms with Crippen molar-refractivity contribution in [3.63, 3.8) is 0 Å². The van der Waals surface area contributed by atoms with Crippen LogP contribution in [0.5, 0.6) is 0 Å². The highest BCUT2D eigenvalue weighted by Crippen LogP contribution is 2.10. The molecule has 140 valence electrons. The lowest BCUT2D eigenvalue weighted by atomic mass is 10.2. The van der Waals surface area contributed by atoms with Gasteiger partial charge in [0, 0.05) is 45.4 Å². The minimum Gasteiger partial charge on any atom is -0.383 e. The van der Waals surface area contributed by atoms with Gasteiger partial charge in [0.1, 0.15) is 5.82 Å². The molecule has 0 aromatic heterocycles. The van der Waals surface area contributed by atoms with E-state index in [2.05, 4.69) is 5.32 Å². The second kappa shape index (κ2) is 11.0. The summed E-state index contributed by atoms with van der Waals surface area (Å²) in [5.41, 5.74) is 0.470. The maximum Gasteiger partial charge on any atom is 0.253 e. The lowest BCUT2D eigenvalue weighted by Crippen LogP contribution is -2.41. The number of benzene rings is 1. The summed E-state index contributed by atoms with van der Waals surface area (Å²) >= 11 is 0. The molecule has 0 unspecified atom stereocenters. The van der Waals surface area contributed by atoms with Crippen molar-refractivity contribution in [2.45, 2.75) is 6.42 Å². The first-order chi connectivity index (χ1) is 11.6. The molecule has 2 rings (SSSR count). The minimum atomic E-state index is -0.361. The zero-order valence-electron chi connectivity index (χ0n) is 14.4. The summed E-state index contributed by atoms with van der Waals surface area (Å²) in [4.78, 5) is 28.1. The average Bonchev–Trinajstić information content (AvgIpc) is 2.85. The molecule has 1 N–H and O–H groups in total. The molecule has 1 aromatic carbocycles. The number of halogens is 2. The average molecular weight is 374 g/mol. The van der Waals surface area contributed by atoms with Crippen LogP contribution in [0.4, 0.5) is 4.39 Å². The smallest absolute Gasteiger partial charge is 0.253 e. The Balaban J connectivity index is 0.00000312. The topological polar surface area (TPSA) is 61.9 Å². The van der Waals surface area contributed by atoms with E-state index in [0.29, 0.717) is 44.9 Å². The fourth-order valence-electron chi connectivity index (χ4n) is 2.63. The number of nitrogens with one attached hydrogen (secondary N) is 1. The standard InChI is InChI=1S/C17H24FN3O3.ClH/c1-24-12-7-19-13-16(22)20-8-2-9-21(11-10-20)17(23)14-3-5-15(18)6-4-14;/h3-6,19H,2,7-13H2,1H3;1H. The van der Waals surface area contributed by atoms with Gasteiger partial charge in [-0.15, -0.1) is 12.4 Å². The molecule has 1 saturated heterocycles. The van der Waals surface area contributed by atoms with E-state index in [9.17, 15) is 14.0 Å². The van der Waals surface area contributed by atoms with E-state index in [1.807, 2.05) is 0 Å². The maximum absolute atomic E-state index is 13.0. The van der Waals surface area contributed by atoms with Crippen LogP contribution in [0.25, 0.3) is 0 Å². The number of hydrogen-bond acceptors (Lipinski definition) is 4. The van der Waals surface area contributed by atoms with Crippen LogP contribution in [-0.4, -0.2) is 74.6 Å². The molecule has 0 aliphatic carbocycles. The van der Waals surface area contributed by atoms with Gasteiger partial charge in [-0.2, -0.15) is 0 Å². The molecule has 0 bridgehead atoms. The van der Waals surface area contributed by atoms with Crippen LogP contribution in [-0.2, 0) is 9.53 Å². The Morgan fingerprint density at radius 1 is 1.12 bits per heavy atom. The van der Waals surface area contributed by atoms with Gasteiger partial charge < -0.3 is 19.9 Å². The molecule has 0 atom stereocenters. The van der Waals surface area contributed by atoms with Crippen molar-refractivity contribution in [2.75, 3.05) is 53.0 Å². The van der Waals surface area contributed by atoms with Crippen LogP contribution < -0.4 is 5.32 Å². The molecule has 1 heterocycles. The molecule has 0 spiro atoms. The SMILES string of the molecule is COCCNCC(=O)N1CCCN(C(=O)c2ccc(F)cc2)CC1.Cl. The third-order valence-corrected chi connectivity index (χ3v) is 3.99. The van der Waals surface area contributed by atoms with Crippen LogP contribution in [0.2, 0.25) is 0 Å². The Labute approximate surface area is 153 Å². The van der Waals surface area contributed by atoms with Crippen LogP contribution in [0.15, 0.2) is 24.3 Å². The van der Waals surface area contributed by atoms with Crippen molar-refractivity contribution in [1.29, 1.82) is 0 Å². The number of hydrogen-bond donors (Lipinski definition) is 1. The summed E-state index contributed by atoms with van der Waals surface area (Å²) in [6.45, 7) is 3.70. The molecule has 1 aromatic rings. The molecular weight excluding hydrogens is 349 g/mol. The van der Waals surface area contributed by atoms with E-state index in [1.54, 1.807) is 16.9 Å². The van der Waals surface area contributed by atoms with E-state index in [4.69, 9.17) is 4.74 Å². The zero-order valence-corrected chi connectivity index (χ0v) is 15.2. The first-order valence-corrected chi connectivity index (χ1v) is 8.14. The van der Waals surface area contributed by atoms with Gasteiger partial charge in [-0.1, -0.05) is 0 Å². The third-order valence-electron chi connectivity index (χ3n) is 3.99. The Morgan fingerprint density at radius 2 is 1.76 bits per heavy atom. The molecular formula is C17H25ClFN3O3. The van der Waals surface area contributed by atoms with E-state index in [0.717, 1.165) is 6.42 Å². The summed E-state index contributed by atoms with van der Waals surface area (Å²) in [6, 6.07) is 5.55. The summed E-state index contributed by atoms with van der Waals surface area (Å²) in [5.74, 6) is -0.454. The largest absolute Gasteiger partial charge is 0.383 e. The highest BCUT2D eigenvalue weighted by molar-refractivity contribution is 5.94. The quantitative estimate of drug-likeness (QED) is 0.760. The second-order valence-corrected chi connectivity index (χ2v) is 5.70. The van der Waals surface area contributed by atoms with Crippen LogP contribution in [0, 0.1) is 5.82 Å². The molecule has 6 nitrogen and oxygen atoms in total. The monoisotopic (exact) mass is 373 g/mol. The van der Waals surface area contributed by atoms with E-state index in [1.165, 1.54) is 24.3 Å². The normalized spacial score (nSPS) is 14.6. The van der Waals surface area contributed by atoms with Gasteiger partial charge in [0.2, 0.25) is 5.91 Å². The molecule has 8 heteroatoms. The number of ether oxygens (including phenoxy) is 1. The van der Waals surface area contributed by atoms with Crippen molar-refractivity contribution >= 4 is 24.2 Å². The van der Waals surface area contributed by atoms with Gasteiger partial charge in [0.05, 0.1) is 13.2 Å². The van der Waals surface area contributed by atoms with E-state index >= 15 is 0 Å². The number of carbonyl (C=O) groups is 2. The number of amides is 2. The molecule has 25 heavy (non-hydrogen) atoms. The predicted octanol–water partition coefficient (Wildman–Crippen LogP) is 1.16. The van der Waals surface area contributed by atoms with Gasteiger partial charge in [-0.25, -0.2) is 4.39 Å². The Bertz CT molecular complexity index is 557. The van der Waals surface area contributed by atoms with Crippen LogP contribution >= 0.6 is 12.4 Å². The maximum atomic E-state index is 13.0. The fourth-order valence-corrected chi connectivity index (χ4v) is 2.63. The summed E-state index contributed by atoms with van der Waals surface area (Å²) in [6.07, 6.45) is 0.733. The van der Waals surface area contributed by atoms with Crippen molar-refractivity contribution in [2.24, 2.45) is 0 Å². The first-order valence-electron chi connectivity index (χ1n) is 8.14. The van der Waals surface area contributed by atoms with Crippen molar-refractivity contribution in [3.05, 3.63) is 35.6 Å². The number of methoxy groups -OCH3 is 1. The first kappa shape index (κ1) is 21.3. The molecule has 0 saturated carbocycles. The molecule has 0 radical (unpaired) electrons. The Morgan fingerprint density at radius 3 is 2.44 bits per heavy atom. The molecule has 2 amide bonds. The number of rotatable bonds is 6. The Hall–Kier alpha value is -1.70. The zero-order chi connectivity index (χ0) is 17.4. The third kappa shape index (κ3) is 6.61. The lowest BCUT2D eigenvalue weighted by molar-refractivity contribution is -0.130. The second-order valence-electron chi connectivity index (χ2n) is 5.70. The predicted molar refractivity (Wildman–Crippen MR) is 95.5 cm³/mol. The van der Waals surface area contributed by atoms with Gasteiger partial charge in [0.15, 0.2) is 0 Å². The van der Waals surface area contributed by atoms with Crippen molar-refractivity contribution < 1.29 is 18.7 Å². The van der Waals surface area contributed by atoms with E-state index < -0.39 is 0 Å². The lowest BCUT2D eigenvalue weighted by Gasteiger charge is -2.22. The van der Waals surface area contributed by atoms with Gasteiger partial charge >= 0.3 is 0 Å². The fraction of sp³-hybridized carbons (Fsp3) is 0.529. The van der Waals surface area contributed by atoms with Gasteiger partial charge in [-0.05, 0) is 30.7 Å². The van der Waals surface area contributed by atoms with Crippen molar-refractivity contribution in [3.8, 4) is 0 Å². The summed E-state index contributed by atoms with van der Waals surface area (Å²) in [7, 11) is 1.62.